The van der Waals surface area contributed by atoms with E-state index >= 15 is 0 Å². The molecule has 0 saturated carbocycles. The molecule has 0 unspecified atom stereocenters. The first-order chi connectivity index (χ1) is 15.6. The monoisotopic (exact) mass is 469 g/mol. The Hall–Kier alpha value is -3.23. The standard InChI is InChI=1S/C25H28FN3O3S/c1-18-8-14-23(15-9-18)33(31,32)29(4)22-12-10-19(11-13-22)25(30)27-17-24(28(2)3)20-6-5-7-21(26)16-20/h5-16,24H,17H2,1-4H3,(H,27,30)/t24-/m1/s1. The van der Waals surface area contributed by atoms with Crippen LogP contribution in [0.4, 0.5) is 10.1 Å². The quantitative estimate of drug-likeness (QED) is 0.542. The molecule has 3 rings (SSSR count). The third kappa shape index (κ3) is 5.77. The Kier molecular flexibility index (Phi) is 7.50. The second-order valence-corrected chi connectivity index (χ2v) is 10.0. The van der Waals surface area contributed by atoms with Gasteiger partial charge in [0.05, 0.1) is 16.6 Å². The van der Waals surface area contributed by atoms with E-state index < -0.39 is 10.0 Å². The van der Waals surface area contributed by atoms with E-state index in [0.717, 1.165) is 11.1 Å². The van der Waals surface area contributed by atoms with Crippen molar-refractivity contribution in [2.45, 2.75) is 17.9 Å². The van der Waals surface area contributed by atoms with Gasteiger partial charge in [0.25, 0.3) is 15.9 Å². The highest BCUT2D eigenvalue weighted by molar-refractivity contribution is 7.92. The van der Waals surface area contributed by atoms with E-state index in [9.17, 15) is 17.6 Å². The number of hydrogen-bond donors (Lipinski definition) is 1. The van der Waals surface area contributed by atoms with Gasteiger partial charge in [-0.1, -0.05) is 29.8 Å². The first-order valence-electron chi connectivity index (χ1n) is 10.5. The van der Waals surface area contributed by atoms with Gasteiger partial charge in [-0.25, -0.2) is 12.8 Å². The predicted octanol–water partition coefficient (Wildman–Crippen LogP) is 3.99. The van der Waals surface area contributed by atoms with Crippen molar-refractivity contribution >= 4 is 21.6 Å². The zero-order valence-corrected chi connectivity index (χ0v) is 19.9. The molecule has 1 amide bonds. The van der Waals surface area contributed by atoms with Crippen LogP contribution in [0.5, 0.6) is 0 Å². The summed E-state index contributed by atoms with van der Waals surface area (Å²) in [5.74, 6) is -0.625. The summed E-state index contributed by atoms with van der Waals surface area (Å²) in [6, 6.07) is 19.1. The molecule has 0 aliphatic heterocycles. The predicted molar refractivity (Wildman–Crippen MR) is 128 cm³/mol. The average molecular weight is 470 g/mol. The molecule has 0 saturated heterocycles. The molecule has 174 valence electrons. The van der Waals surface area contributed by atoms with E-state index in [-0.39, 0.29) is 22.7 Å². The van der Waals surface area contributed by atoms with E-state index in [0.29, 0.717) is 17.8 Å². The Balaban J connectivity index is 1.70. The fraction of sp³-hybridized carbons (Fsp3) is 0.240. The highest BCUT2D eigenvalue weighted by Crippen LogP contribution is 2.23. The lowest BCUT2D eigenvalue weighted by Crippen LogP contribution is -2.34. The van der Waals surface area contributed by atoms with Crippen molar-refractivity contribution in [3.05, 3.63) is 95.3 Å². The van der Waals surface area contributed by atoms with Gasteiger partial charge in [-0.05, 0) is 75.1 Å². The van der Waals surface area contributed by atoms with E-state index in [1.54, 1.807) is 54.6 Å². The Morgan fingerprint density at radius 2 is 1.61 bits per heavy atom. The number of carbonyl (C=O) groups excluding carboxylic acids is 1. The van der Waals surface area contributed by atoms with Gasteiger partial charge in [0.1, 0.15) is 5.82 Å². The maximum absolute atomic E-state index is 13.6. The van der Waals surface area contributed by atoms with Gasteiger partial charge in [0.15, 0.2) is 0 Å². The molecular formula is C25H28FN3O3S. The van der Waals surface area contributed by atoms with E-state index in [1.807, 2.05) is 32.0 Å². The zero-order valence-electron chi connectivity index (χ0n) is 19.1. The number of benzene rings is 3. The molecule has 3 aromatic rings. The van der Waals surface area contributed by atoms with Crippen molar-refractivity contribution in [1.82, 2.24) is 10.2 Å². The summed E-state index contributed by atoms with van der Waals surface area (Å²) in [4.78, 5) is 14.8. The summed E-state index contributed by atoms with van der Waals surface area (Å²) in [5, 5.41) is 2.87. The first kappa shape index (κ1) is 24.4. The lowest BCUT2D eigenvalue weighted by molar-refractivity contribution is 0.0942. The summed E-state index contributed by atoms with van der Waals surface area (Å²) in [5.41, 5.74) is 2.58. The molecule has 8 heteroatoms. The van der Waals surface area contributed by atoms with Crippen molar-refractivity contribution in [3.63, 3.8) is 0 Å². The first-order valence-corrected chi connectivity index (χ1v) is 11.9. The second-order valence-electron chi connectivity index (χ2n) is 8.08. The minimum atomic E-state index is -3.71. The highest BCUT2D eigenvalue weighted by atomic mass is 32.2. The summed E-state index contributed by atoms with van der Waals surface area (Å²) in [6.07, 6.45) is 0. The molecule has 0 aliphatic rings. The minimum absolute atomic E-state index is 0.199. The Bertz CT molecular complexity index is 1210. The van der Waals surface area contributed by atoms with Crippen molar-refractivity contribution in [3.8, 4) is 0 Å². The smallest absolute Gasteiger partial charge is 0.264 e. The Morgan fingerprint density at radius 3 is 2.18 bits per heavy atom. The van der Waals surface area contributed by atoms with Crippen LogP contribution in [-0.4, -0.2) is 46.9 Å². The number of nitrogens with zero attached hydrogens (tertiary/aromatic N) is 2. The number of carbonyl (C=O) groups is 1. The lowest BCUT2D eigenvalue weighted by Gasteiger charge is -2.25. The number of halogens is 1. The van der Waals surface area contributed by atoms with Crippen LogP contribution >= 0.6 is 0 Å². The molecule has 3 aromatic carbocycles. The van der Waals surface area contributed by atoms with Crippen LogP contribution in [-0.2, 0) is 10.0 Å². The van der Waals surface area contributed by atoms with Gasteiger partial charge in [-0.2, -0.15) is 0 Å². The maximum Gasteiger partial charge on any atom is 0.264 e. The molecule has 1 atom stereocenters. The molecular weight excluding hydrogens is 441 g/mol. The zero-order chi connectivity index (χ0) is 24.2. The molecule has 6 nitrogen and oxygen atoms in total. The fourth-order valence-corrected chi connectivity index (χ4v) is 4.63. The molecule has 1 N–H and O–H groups in total. The molecule has 0 aromatic heterocycles. The second kappa shape index (κ2) is 10.1. The number of rotatable bonds is 8. The van der Waals surface area contributed by atoms with Crippen LogP contribution in [0.15, 0.2) is 77.7 Å². The lowest BCUT2D eigenvalue weighted by atomic mass is 10.1. The van der Waals surface area contributed by atoms with E-state index in [2.05, 4.69) is 5.32 Å². The number of anilines is 1. The summed E-state index contributed by atoms with van der Waals surface area (Å²) in [7, 11) is 1.49. The Labute approximate surface area is 194 Å². The number of hydrogen-bond acceptors (Lipinski definition) is 4. The van der Waals surface area contributed by atoms with Gasteiger partial charge in [-0.15, -0.1) is 0 Å². The van der Waals surface area contributed by atoms with Crippen LogP contribution in [0.1, 0.15) is 27.5 Å². The van der Waals surface area contributed by atoms with Crippen LogP contribution < -0.4 is 9.62 Å². The van der Waals surface area contributed by atoms with Crippen molar-refractivity contribution in [1.29, 1.82) is 0 Å². The summed E-state index contributed by atoms with van der Waals surface area (Å²) < 4.78 is 40.6. The molecule has 0 bridgehead atoms. The average Bonchev–Trinajstić information content (AvgIpc) is 2.79. The summed E-state index contributed by atoms with van der Waals surface area (Å²) in [6.45, 7) is 2.18. The van der Waals surface area contributed by atoms with E-state index in [1.165, 1.54) is 23.5 Å². The van der Waals surface area contributed by atoms with Gasteiger partial charge in [0, 0.05) is 19.2 Å². The number of aryl methyl sites for hydroxylation is 1. The van der Waals surface area contributed by atoms with Crippen molar-refractivity contribution < 1.29 is 17.6 Å². The van der Waals surface area contributed by atoms with Gasteiger partial charge in [0.2, 0.25) is 0 Å². The SMILES string of the molecule is Cc1ccc(S(=O)(=O)N(C)c2ccc(C(=O)NC[C@H](c3cccc(F)c3)N(C)C)cc2)cc1. The molecule has 33 heavy (non-hydrogen) atoms. The molecule has 0 spiro atoms. The topological polar surface area (TPSA) is 69.7 Å². The number of amides is 1. The third-order valence-corrected chi connectivity index (χ3v) is 7.29. The number of nitrogens with one attached hydrogen (secondary N) is 1. The molecule has 0 aliphatic carbocycles. The molecule has 0 fully saturated rings. The van der Waals surface area contributed by atoms with Crippen LogP contribution in [0.25, 0.3) is 0 Å². The van der Waals surface area contributed by atoms with Crippen molar-refractivity contribution in [2.24, 2.45) is 0 Å². The van der Waals surface area contributed by atoms with Gasteiger partial charge in [-0.3, -0.25) is 9.10 Å². The maximum atomic E-state index is 13.6. The van der Waals surface area contributed by atoms with Gasteiger partial charge < -0.3 is 10.2 Å². The molecule has 0 heterocycles. The highest BCUT2D eigenvalue weighted by Gasteiger charge is 2.22. The van der Waals surface area contributed by atoms with Crippen LogP contribution in [0.3, 0.4) is 0 Å². The number of likely N-dealkylation sites (N-methyl/N-ethyl adjacent to an activating group) is 1. The number of sulfonamides is 1. The fourth-order valence-electron chi connectivity index (χ4n) is 3.43. The normalized spacial score (nSPS) is 12.4. The molecule has 0 radical (unpaired) electrons. The minimum Gasteiger partial charge on any atom is -0.350 e. The van der Waals surface area contributed by atoms with Crippen LogP contribution in [0, 0.1) is 12.7 Å². The largest absolute Gasteiger partial charge is 0.350 e. The van der Waals surface area contributed by atoms with E-state index in [4.69, 9.17) is 0 Å². The Morgan fingerprint density at radius 1 is 0.970 bits per heavy atom. The summed E-state index contributed by atoms with van der Waals surface area (Å²) >= 11 is 0. The van der Waals surface area contributed by atoms with Crippen LogP contribution in [0.2, 0.25) is 0 Å². The third-order valence-electron chi connectivity index (χ3n) is 5.49. The van der Waals surface area contributed by atoms with Crippen molar-refractivity contribution in [2.75, 3.05) is 32.0 Å². The van der Waals surface area contributed by atoms with Gasteiger partial charge >= 0.3 is 0 Å².